The van der Waals surface area contributed by atoms with Gasteiger partial charge in [0.15, 0.2) is 9.84 Å². The van der Waals surface area contributed by atoms with E-state index in [4.69, 9.17) is 5.73 Å². The van der Waals surface area contributed by atoms with Gasteiger partial charge in [-0.2, -0.15) is 0 Å². The summed E-state index contributed by atoms with van der Waals surface area (Å²) in [5.41, 5.74) is 6.70. The second-order valence-electron chi connectivity index (χ2n) is 5.55. The zero-order chi connectivity index (χ0) is 14.1. The summed E-state index contributed by atoms with van der Waals surface area (Å²) in [6.07, 6.45) is 1.72. The molecule has 1 aromatic heterocycles. The summed E-state index contributed by atoms with van der Waals surface area (Å²) in [6, 6.07) is 9.27. The van der Waals surface area contributed by atoms with Crippen molar-refractivity contribution in [3.63, 3.8) is 0 Å². The molecule has 102 valence electrons. The van der Waals surface area contributed by atoms with Crippen molar-refractivity contribution in [1.29, 1.82) is 0 Å². The summed E-state index contributed by atoms with van der Waals surface area (Å²) in [7, 11) is -3.21. The van der Waals surface area contributed by atoms with E-state index >= 15 is 0 Å². The highest BCUT2D eigenvalue weighted by atomic mass is 32.2. The molecule has 0 radical (unpaired) electrons. The third kappa shape index (κ3) is 4.01. The maximum Gasteiger partial charge on any atom is 0.156 e. The molecule has 0 aliphatic carbocycles. The van der Waals surface area contributed by atoms with Gasteiger partial charge in [0.05, 0.1) is 17.0 Å². The molecule has 0 unspecified atom stereocenters. The van der Waals surface area contributed by atoms with Crippen LogP contribution >= 0.6 is 0 Å². The lowest BCUT2D eigenvalue weighted by Gasteiger charge is -2.18. The van der Waals surface area contributed by atoms with Gasteiger partial charge in [-0.3, -0.25) is 4.98 Å². The summed E-state index contributed by atoms with van der Waals surface area (Å²) in [5.74, 6) is -0.0104. The Morgan fingerprint density at radius 1 is 1.26 bits per heavy atom. The predicted molar refractivity (Wildman–Crippen MR) is 77.5 cm³/mol. The summed E-state index contributed by atoms with van der Waals surface area (Å²) < 4.78 is 24.1. The van der Waals surface area contributed by atoms with Gasteiger partial charge in [0.25, 0.3) is 0 Å². The van der Waals surface area contributed by atoms with Gasteiger partial charge in [-0.05, 0) is 37.6 Å². The molecule has 1 heterocycles. The molecule has 19 heavy (non-hydrogen) atoms. The van der Waals surface area contributed by atoms with Crippen molar-refractivity contribution in [3.8, 4) is 0 Å². The maximum absolute atomic E-state index is 12.1. The van der Waals surface area contributed by atoms with Gasteiger partial charge in [0.1, 0.15) is 0 Å². The van der Waals surface area contributed by atoms with Crippen LogP contribution in [-0.2, 0) is 15.6 Å². The van der Waals surface area contributed by atoms with Crippen molar-refractivity contribution in [2.45, 2.75) is 25.1 Å². The average molecular weight is 278 g/mol. The van der Waals surface area contributed by atoms with Crippen LogP contribution in [0.25, 0.3) is 10.9 Å². The molecule has 2 rings (SSSR count). The Labute approximate surface area is 113 Å². The van der Waals surface area contributed by atoms with E-state index in [1.165, 1.54) is 0 Å². The Morgan fingerprint density at radius 2 is 2.00 bits per heavy atom. The van der Waals surface area contributed by atoms with Gasteiger partial charge in [-0.1, -0.05) is 12.1 Å². The summed E-state index contributed by atoms with van der Waals surface area (Å²) in [4.78, 5) is 4.21. The van der Waals surface area contributed by atoms with Gasteiger partial charge in [-0.15, -0.1) is 0 Å². The minimum atomic E-state index is -3.21. The fraction of sp³-hybridized carbons (Fsp3) is 0.357. The average Bonchev–Trinajstić information content (AvgIpc) is 2.24. The minimum absolute atomic E-state index is 0.0124. The van der Waals surface area contributed by atoms with Crippen LogP contribution in [0.1, 0.15) is 19.4 Å². The van der Waals surface area contributed by atoms with Crippen molar-refractivity contribution < 1.29 is 8.42 Å². The second-order valence-corrected chi connectivity index (χ2v) is 7.62. The summed E-state index contributed by atoms with van der Waals surface area (Å²) in [5, 5.41) is 0.946. The van der Waals surface area contributed by atoms with E-state index in [2.05, 4.69) is 4.98 Å². The van der Waals surface area contributed by atoms with E-state index in [1.807, 2.05) is 24.3 Å². The zero-order valence-electron chi connectivity index (χ0n) is 11.1. The van der Waals surface area contributed by atoms with Gasteiger partial charge in [-0.25, -0.2) is 8.42 Å². The van der Waals surface area contributed by atoms with Gasteiger partial charge < -0.3 is 5.73 Å². The fourth-order valence-electron chi connectivity index (χ4n) is 2.09. The highest BCUT2D eigenvalue weighted by Gasteiger charge is 2.22. The van der Waals surface area contributed by atoms with E-state index in [-0.39, 0.29) is 11.5 Å². The fourth-order valence-corrected chi connectivity index (χ4v) is 4.01. The third-order valence-corrected chi connectivity index (χ3v) is 4.60. The molecule has 0 atom stereocenters. The Morgan fingerprint density at radius 3 is 2.68 bits per heavy atom. The van der Waals surface area contributed by atoms with E-state index in [0.717, 1.165) is 16.5 Å². The van der Waals surface area contributed by atoms with Crippen LogP contribution in [0.2, 0.25) is 0 Å². The number of hydrogen-bond acceptors (Lipinski definition) is 4. The van der Waals surface area contributed by atoms with Crippen molar-refractivity contribution in [2.24, 2.45) is 5.73 Å². The number of rotatable bonds is 4. The van der Waals surface area contributed by atoms with Crippen LogP contribution in [-0.4, -0.2) is 24.7 Å². The van der Waals surface area contributed by atoms with Crippen LogP contribution in [0.5, 0.6) is 0 Å². The van der Waals surface area contributed by atoms with Crippen molar-refractivity contribution >= 4 is 20.7 Å². The summed E-state index contributed by atoms with van der Waals surface area (Å²) >= 11 is 0. The normalized spacial score (nSPS) is 12.8. The lowest BCUT2D eigenvalue weighted by atomic mass is 10.1. The predicted octanol–water partition coefficient (Wildman–Crippen LogP) is 1.89. The Hall–Kier alpha value is -1.46. The molecule has 0 fully saturated rings. The number of hydrogen-bond donors (Lipinski definition) is 1. The van der Waals surface area contributed by atoms with Gasteiger partial charge in [0.2, 0.25) is 0 Å². The highest BCUT2D eigenvalue weighted by Crippen LogP contribution is 2.16. The Balaban J connectivity index is 2.26. The minimum Gasteiger partial charge on any atom is -0.325 e. The first-order valence-electron chi connectivity index (χ1n) is 6.08. The zero-order valence-corrected chi connectivity index (χ0v) is 11.9. The number of nitrogens with two attached hydrogens (primary N) is 1. The number of aromatic nitrogens is 1. The number of fused-ring (bicyclic) bond motifs is 1. The largest absolute Gasteiger partial charge is 0.325 e. The molecule has 5 heteroatoms. The molecule has 0 amide bonds. The van der Waals surface area contributed by atoms with Crippen LogP contribution in [0.3, 0.4) is 0 Å². The molecule has 0 aliphatic heterocycles. The van der Waals surface area contributed by atoms with Gasteiger partial charge in [0, 0.05) is 17.1 Å². The first-order chi connectivity index (χ1) is 8.75. The molecule has 2 N–H and O–H groups in total. The van der Waals surface area contributed by atoms with Crippen molar-refractivity contribution in [2.75, 3.05) is 5.75 Å². The van der Waals surface area contributed by atoms with Crippen LogP contribution in [0.4, 0.5) is 0 Å². The Bertz CT molecular complexity index is 688. The first kappa shape index (κ1) is 14.0. The number of sulfone groups is 1. The third-order valence-electron chi connectivity index (χ3n) is 2.65. The molecule has 0 aliphatic rings. The maximum atomic E-state index is 12.1. The van der Waals surface area contributed by atoms with Crippen LogP contribution in [0.15, 0.2) is 36.5 Å². The quantitative estimate of drug-likeness (QED) is 0.927. The lowest BCUT2D eigenvalue weighted by molar-refractivity contribution is 0.544. The SMILES string of the molecule is CC(C)(N)CS(=O)(=O)Cc1ccc2ncccc2c1. The van der Waals surface area contributed by atoms with Crippen molar-refractivity contribution in [3.05, 3.63) is 42.1 Å². The Kier molecular flexibility index (Phi) is 3.60. The number of pyridine rings is 1. The smallest absolute Gasteiger partial charge is 0.156 e. The summed E-state index contributed by atoms with van der Waals surface area (Å²) in [6.45, 7) is 3.43. The highest BCUT2D eigenvalue weighted by molar-refractivity contribution is 7.90. The molecule has 0 spiro atoms. The standard InChI is InChI=1S/C14H18N2O2S/c1-14(2,15)10-19(17,18)9-11-5-6-13-12(8-11)4-3-7-16-13/h3-8H,9-10,15H2,1-2H3. The monoisotopic (exact) mass is 278 g/mol. The lowest BCUT2D eigenvalue weighted by Crippen LogP contribution is -2.40. The van der Waals surface area contributed by atoms with E-state index in [9.17, 15) is 8.42 Å². The van der Waals surface area contributed by atoms with E-state index in [1.54, 1.807) is 26.1 Å². The molecular formula is C14H18N2O2S. The molecule has 0 bridgehead atoms. The van der Waals surface area contributed by atoms with Crippen LogP contribution < -0.4 is 5.73 Å². The molecule has 1 aromatic carbocycles. The molecule has 4 nitrogen and oxygen atoms in total. The van der Waals surface area contributed by atoms with Crippen LogP contribution in [0, 0.1) is 0 Å². The van der Waals surface area contributed by atoms with E-state index in [0.29, 0.717) is 0 Å². The van der Waals surface area contributed by atoms with E-state index < -0.39 is 15.4 Å². The molecule has 0 saturated heterocycles. The molecule has 2 aromatic rings. The molecule has 0 saturated carbocycles. The number of nitrogens with zero attached hydrogens (tertiary/aromatic N) is 1. The van der Waals surface area contributed by atoms with Crippen molar-refractivity contribution in [1.82, 2.24) is 4.98 Å². The number of benzene rings is 1. The first-order valence-corrected chi connectivity index (χ1v) is 7.90. The molecular weight excluding hydrogens is 260 g/mol. The topological polar surface area (TPSA) is 73.1 Å². The second kappa shape index (κ2) is 4.90. The van der Waals surface area contributed by atoms with Gasteiger partial charge >= 0.3 is 0 Å².